The number of para-hydroxylation sites is 2. The van der Waals surface area contributed by atoms with Crippen LogP contribution in [0.15, 0.2) is 59.8 Å². The lowest BCUT2D eigenvalue weighted by Gasteiger charge is -2.16. The smallest absolute Gasteiger partial charge is 0.196 e. The number of aryl methyl sites for hydroxylation is 1. The van der Waals surface area contributed by atoms with Gasteiger partial charge in [0.1, 0.15) is 12.4 Å². The van der Waals surface area contributed by atoms with E-state index in [9.17, 15) is 5.11 Å². The summed E-state index contributed by atoms with van der Waals surface area (Å²) in [4.78, 5) is 0. The number of ether oxygens (including phenoxy) is 1. The van der Waals surface area contributed by atoms with Crippen LogP contribution in [0.3, 0.4) is 0 Å². The van der Waals surface area contributed by atoms with E-state index < -0.39 is 5.60 Å². The van der Waals surface area contributed by atoms with Gasteiger partial charge in [-0.05, 0) is 44.5 Å². The number of hydrogen-bond donors (Lipinski definition) is 1. The normalized spacial score (nSPS) is 11.5. The van der Waals surface area contributed by atoms with Gasteiger partial charge in [0.05, 0.1) is 5.60 Å². The Morgan fingerprint density at radius 2 is 1.73 bits per heavy atom. The summed E-state index contributed by atoms with van der Waals surface area (Å²) in [7, 11) is 0. The van der Waals surface area contributed by atoms with Crippen molar-refractivity contribution in [2.75, 3.05) is 5.75 Å². The second-order valence-corrected chi connectivity index (χ2v) is 7.67. The molecule has 6 heteroatoms. The number of aromatic nitrogens is 3. The largest absolute Gasteiger partial charge is 0.485 e. The van der Waals surface area contributed by atoms with Gasteiger partial charge in [-0.1, -0.05) is 48.2 Å². The standard InChI is InChI=1S/C20H23N3O2S/c1-15-9-7-8-12-17(15)25-13-18-21-22-19(26-14-20(2,3)24)23(18)16-10-5-4-6-11-16/h4-12,24H,13-14H2,1-3H3. The lowest BCUT2D eigenvalue weighted by atomic mass is 10.2. The molecule has 1 heterocycles. The predicted octanol–water partition coefficient (Wildman–Crippen LogP) is 4.02. The van der Waals surface area contributed by atoms with Crippen LogP contribution in [0.4, 0.5) is 0 Å². The molecule has 1 aromatic heterocycles. The van der Waals surface area contributed by atoms with Gasteiger partial charge in [-0.3, -0.25) is 4.57 Å². The van der Waals surface area contributed by atoms with Crippen LogP contribution in [0.2, 0.25) is 0 Å². The zero-order valence-electron chi connectivity index (χ0n) is 15.2. The molecule has 0 saturated carbocycles. The van der Waals surface area contributed by atoms with Crippen LogP contribution >= 0.6 is 11.8 Å². The predicted molar refractivity (Wildman–Crippen MR) is 104 cm³/mol. The van der Waals surface area contributed by atoms with Crippen molar-refractivity contribution >= 4 is 11.8 Å². The lowest BCUT2D eigenvalue weighted by molar-refractivity contribution is 0.107. The van der Waals surface area contributed by atoms with Crippen LogP contribution in [0.25, 0.3) is 5.69 Å². The summed E-state index contributed by atoms with van der Waals surface area (Å²) in [6, 6.07) is 17.8. The third kappa shape index (κ3) is 4.65. The van der Waals surface area contributed by atoms with E-state index >= 15 is 0 Å². The zero-order chi connectivity index (χ0) is 18.6. The molecule has 136 valence electrons. The highest BCUT2D eigenvalue weighted by atomic mass is 32.2. The Hall–Kier alpha value is -2.31. The molecule has 0 aliphatic rings. The molecule has 0 aliphatic heterocycles. The Morgan fingerprint density at radius 3 is 2.42 bits per heavy atom. The number of rotatable bonds is 7. The zero-order valence-corrected chi connectivity index (χ0v) is 16.0. The van der Waals surface area contributed by atoms with Gasteiger partial charge in [-0.25, -0.2) is 0 Å². The first-order valence-corrected chi connectivity index (χ1v) is 9.46. The molecule has 0 amide bonds. The molecule has 3 aromatic rings. The number of aliphatic hydroxyl groups is 1. The van der Waals surface area contributed by atoms with Gasteiger partial charge in [0.25, 0.3) is 0 Å². The van der Waals surface area contributed by atoms with Crippen molar-refractivity contribution in [2.45, 2.75) is 38.1 Å². The SMILES string of the molecule is Cc1ccccc1OCc1nnc(SCC(C)(C)O)n1-c1ccccc1. The van der Waals surface area contributed by atoms with Gasteiger partial charge in [0.2, 0.25) is 0 Å². The summed E-state index contributed by atoms with van der Waals surface area (Å²) in [5, 5.41) is 19.4. The monoisotopic (exact) mass is 369 g/mol. The Kier molecular flexibility index (Phi) is 5.64. The van der Waals surface area contributed by atoms with Gasteiger partial charge in [0.15, 0.2) is 11.0 Å². The molecule has 3 rings (SSSR count). The third-order valence-corrected chi connectivity index (χ3v) is 5.09. The Morgan fingerprint density at radius 1 is 1.04 bits per heavy atom. The number of hydrogen-bond acceptors (Lipinski definition) is 5. The molecule has 0 aliphatic carbocycles. The molecule has 26 heavy (non-hydrogen) atoms. The highest BCUT2D eigenvalue weighted by Crippen LogP contribution is 2.26. The maximum atomic E-state index is 10.0. The van der Waals surface area contributed by atoms with Crippen LogP contribution in [-0.2, 0) is 6.61 Å². The molecule has 0 atom stereocenters. The minimum atomic E-state index is -0.782. The summed E-state index contributed by atoms with van der Waals surface area (Å²) < 4.78 is 7.94. The fraction of sp³-hybridized carbons (Fsp3) is 0.300. The van der Waals surface area contributed by atoms with E-state index in [1.165, 1.54) is 11.8 Å². The fourth-order valence-electron chi connectivity index (χ4n) is 2.43. The van der Waals surface area contributed by atoms with E-state index in [1.807, 2.05) is 66.1 Å². The molecular formula is C20H23N3O2S. The highest BCUT2D eigenvalue weighted by molar-refractivity contribution is 7.99. The molecular weight excluding hydrogens is 346 g/mol. The first-order valence-electron chi connectivity index (χ1n) is 8.47. The fourth-order valence-corrected chi connectivity index (χ4v) is 3.35. The molecule has 0 radical (unpaired) electrons. The molecule has 0 bridgehead atoms. The van der Waals surface area contributed by atoms with Crippen molar-refractivity contribution < 1.29 is 9.84 Å². The van der Waals surface area contributed by atoms with Crippen LogP contribution in [0.5, 0.6) is 5.75 Å². The van der Waals surface area contributed by atoms with Gasteiger partial charge >= 0.3 is 0 Å². The number of nitrogens with zero attached hydrogens (tertiary/aromatic N) is 3. The summed E-state index contributed by atoms with van der Waals surface area (Å²) in [5.41, 5.74) is 1.27. The molecule has 5 nitrogen and oxygen atoms in total. The van der Waals surface area contributed by atoms with Crippen molar-refractivity contribution in [3.8, 4) is 11.4 Å². The van der Waals surface area contributed by atoms with Gasteiger partial charge < -0.3 is 9.84 Å². The number of thioether (sulfide) groups is 1. The summed E-state index contributed by atoms with van der Waals surface area (Å²) in [6.45, 7) is 5.90. The van der Waals surface area contributed by atoms with E-state index in [2.05, 4.69) is 10.2 Å². The van der Waals surface area contributed by atoms with Crippen molar-refractivity contribution in [3.63, 3.8) is 0 Å². The van der Waals surface area contributed by atoms with Crippen LogP contribution in [0.1, 0.15) is 25.2 Å². The molecule has 0 fully saturated rings. The summed E-state index contributed by atoms with van der Waals surface area (Å²) >= 11 is 1.48. The summed E-state index contributed by atoms with van der Waals surface area (Å²) in [6.07, 6.45) is 0. The van der Waals surface area contributed by atoms with Crippen LogP contribution < -0.4 is 4.74 Å². The van der Waals surface area contributed by atoms with Crippen molar-refractivity contribution in [1.29, 1.82) is 0 Å². The third-order valence-electron chi connectivity index (χ3n) is 3.72. The van der Waals surface area contributed by atoms with E-state index in [0.717, 1.165) is 28.0 Å². The molecule has 0 unspecified atom stereocenters. The average molecular weight is 369 g/mol. The van der Waals surface area contributed by atoms with Crippen LogP contribution in [-0.4, -0.2) is 31.2 Å². The second kappa shape index (κ2) is 7.93. The van der Waals surface area contributed by atoms with Gasteiger partial charge in [-0.15, -0.1) is 10.2 Å². The molecule has 2 aromatic carbocycles. The highest BCUT2D eigenvalue weighted by Gasteiger charge is 2.19. The van der Waals surface area contributed by atoms with E-state index in [0.29, 0.717) is 12.4 Å². The Labute approximate surface area is 158 Å². The topological polar surface area (TPSA) is 60.2 Å². The van der Waals surface area contributed by atoms with E-state index in [-0.39, 0.29) is 0 Å². The maximum Gasteiger partial charge on any atom is 0.196 e. The van der Waals surface area contributed by atoms with Crippen molar-refractivity contribution in [3.05, 3.63) is 66.0 Å². The van der Waals surface area contributed by atoms with Gasteiger partial charge in [-0.2, -0.15) is 0 Å². The first kappa shape index (κ1) is 18.5. The van der Waals surface area contributed by atoms with Gasteiger partial charge in [0, 0.05) is 11.4 Å². The Balaban J connectivity index is 1.87. The quantitative estimate of drug-likeness (QED) is 0.638. The van der Waals surface area contributed by atoms with E-state index in [1.54, 1.807) is 13.8 Å². The maximum absolute atomic E-state index is 10.0. The minimum absolute atomic E-state index is 0.315. The Bertz CT molecular complexity index is 857. The molecule has 0 spiro atoms. The molecule has 0 saturated heterocycles. The summed E-state index contributed by atoms with van der Waals surface area (Å²) in [5.74, 6) is 2.08. The van der Waals surface area contributed by atoms with Crippen molar-refractivity contribution in [1.82, 2.24) is 14.8 Å². The van der Waals surface area contributed by atoms with E-state index in [4.69, 9.17) is 4.74 Å². The number of benzene rings is 2. The lowest BCUT2D eigenvalue weighted by Crippen LogP contribution is -2.22. The van der Waals surface area contributed by atoms with Crippen molar-refractivity contribution in [2.24, 2.45) is 0 Å². The minimum Gasteiger partial charge on any atom is -0.485 e. The average Bonchev–Trinajstić information content (AvgIpc) is 3.02. The second-order valence-electron chi connectivity index (χ2n) is 6.73. The molecule has 1 N–H and O–H groups in total. The van der Waals surface area contributed by atoms with Crippen LogP contribution in [0, 0.1) is 6.92 Å². The first-order chi connectivity index (χ1) is 12.4.